The maximum atomic E-state index is 12.7. The molecule has 2 aliphatic rings. The molecule has 1 saturated carbocycles. The van der Waals surface area contributed by atoms with Crippen LogP contribution in [0.15, 0.2) is 35.4 Å². The van der Waals surface area contributed by atoms with Crippen LogP contribution in [0.1, 0.15) is 30.1 Å². The number of carbonyl (C=O) groups is 2. The van der Waals surface area contributed by atoms with Crippen LogP contribution in [0, 0.1) is 0 Å². The number of nitrogens with one attached hydrogen (secondary N) is 1. The number of nitrogens with zero attached hydrogens (tertiary/aromatic N) is 2. The minimum absolute atomic E-state index is 0.0647. The van der Waals surface area contributed by atoms with Crippen molar-refractivity contribution in [2.45, 2.75) is 36.1 Å². The third-order valence-electron chi connectivity index (χ3n) is 4.82. The number of benzene rings is 1. The molecule has 0 bridgehead atoms. The number of fused-ring (bicyclic) bond motifs is 1. The monoisotopic (exact) mass is 385 g/mol. The van der Waals surface area contributed by atoms with Gasteiger partial charge in [0.1, 0.15) is 0 Å². The number of carbonyl (C=O) groups excluding carboxylic acids is 2. The summed E-state index contributed by atoms with van der Waals surface area (Å²) in [5.41, 5.74) is 1.40. The molecule has 1 aromatic carbocycles. The largest absolute Gasteiger partial charge is 0.378 e. The molecule has 2 fully saturated rings. The normalized spacial score (nSPS) is 18.3. The first-order valence-electron chi connectivity index (χ1n) is 9.35. The Labute approximate surface area is 162 Å². The molecule has 1 N–H and O–H groups in total. The SMILES string of the molecule is C[C@@H](Sc1cc(C(=O)NC2CC2)c2ccccc2n1)C(=O)N1CCOCC1. The van der Waals surface area contributed by atoms with Gasteiger partial charge in [-0.2, -0.15) is 0 Å². The van der Waals surface area contributed by atoms with Crippen LogP contribution >= 0.6 is 11.8 Å². The molecule has 1 saturated heterocycles. The molecule has 2 heterocycles. The number of pyridine rings is 1. The number of hydrogen-bond acceptors (Lipinski definition) is 5. The van der Waals surface area contributed by atoms with Crippen molar-refractivity contribution in [2.24, 2.45) is 0 Å². The van der Waals surface area contributed by atoms with Crippen molar-refractivity contribution in [1.29, 1.82) is 0 Å². The first-order chi connectivity index (χ1) is 13.1. The van der Waals surface area contributed by atoms with E-state index < -0.39 is 0 Å². The molecule has 1 aliphatic heterocycles. The van der Waals surface area contributed by atoms with E-state index >= 15 is 0 Å². The highest BCUT2D eigenvalue weighted by Crippen LogP contribution is 2.29. The Balaban J connectivity index is 1.57. The summed E-state index contributed by atoms with van der Waals surface area (Å²) in [5.74, 6) is 0.0207. The zero-order valence-corrected chi connectivity index (χ0v) is 16.1. The van der Waals surface area contributed by atoms with E-state index in [0.29, 0.717) is 42.9 Å². The van der Waals surface area contributed by atoms with Gasteiger partial charge in [0.25, 0.3) is 5.91 Å². The topological polar surface area (TPSA) is 71.5 Å². The predicted octanol–water partition coefficient (Wildman–Crippen LogP) is 2.47. The molecule has 27 heavy (non-hydrogen) atoms. The summed E-state index contributed by atoms with van der Waals surface area (Å²) in [6, 6.07) is 9.75. The molecule has 4 rings (SSSR count). The van der Waals surface area contributed by atoms with Gasteiger partial charge in [-0.1, -0.05) is 30.0 Å². The highest BCUT2D eigenvalue weighted by Gasteiger charge is 2.26. The second-order valence-electron chi connectivity index (χ2n) is 6.97. The number of morpholine rings is 1. The molecule has 2 amide bonds. The van der Waals surface area contributed by atoms with Crippen LogP contribution in [0.25, 0.3) is 10.9 Å². The summed E-state index contributed by atoms with van der Waals surface area (Å²) in [4.78, 5) is 31.9. The number of aromatic nitrogens is 1. The second-order valence-corrected chi connectivity index (χ2v) is 8.33. The van der Waals surface area contributed by atoms with Crippen molar-refractivity contribution in [2.75, 3.05) is 26.3 Å². The average molecular weight is 385 g/mol. The maximum Gasteiger partial charge on any atom is 0.252 e. The van der Waals surface area contributed by atoms with E-state index in [4.69, 9.17) is 4.74 Å². The lowest BCUT2D eigenvalue weighted by molar-refractivity contribution is -0.134. The zero-order valence-electron chi connectivity index (χ0n) is 15.3. The fourth-order valence-corrected chi connectivity index (χ4v) is 4.11. The lowest BCUT2D eigenvalue weighted by atomic mass is 10.1. The van der Waals surface area contributed by atoms with E-state index in [0.717, 1.165) is 23.7 Å². The number of thioether (sulfide) groups is 1. The molecule has 142 valence electrons. The first-order valence-corrected chi connectivity index (χ1v) is 10.2. The minimum atomic E-state index is -0.267. The Bertz CT molecular complexity index is 863. The van der Waals surface area contributed by atoms with Crippen molar-refractivity contribution in [3.05, 3.63) is 35.9 Å². The fourth-order valence-electron chi connectivity index (χ4n) is 3.16. The Morgan fingerprint density at radius 3 is 2.74 bits per heavy atom. The second kappa shape index (κ2) is 7.86. The number of para-hydroxylation sites is 1. The van der Waals surface area contributed by atoms with Crippen molar-refractivity contribution in [3.8, 4) is 0 Å². The quantitative estimate of drug-likeness (QED) is 0.801. The van der Waals surface area contributed by atoms with Crippen molar-refractivity contribution >= 4 is 34.5 Å². The van der Waals surface area contributed by atoms with Crippen molar-refractivity contribution < 1.29 is 14.3 Å². The van der Waals surface area contributed by atoms with Crippen LogP contribution in [-0.4, -0.2) is 59.3 Å². The van der Waals surface area contributed by atoms with E-state index in [1.807, 2.05) is 42.2 Å². The van der Waals surface area contributed by atoms with E-state index in [1.165, 1.54) is 11.8 Å². The van der Waals surface area contributed by atoms with E-state index in [9.17, 15) is 9.59 Å². The van der Waals surface area contributed by atoms with E-state index in [2.05, 4.69) is 10.3 Å². The highest BCUT2D eigenvalue weighted by atomic mass is 32.2. The zero-order chi connectivity index (χ0) is 18.8. The lowest BCUT2D eigenvalue weighted by Gasteiger charge is -2.29. The van der Waals surface area contributed by atoms with Gasteiger partial charge in [0.15, 0.2) is 0 Å². The molecule has 0 radical (unpaired) electrons. The van der Waals surface area contributed by atoms with Crippen molar-refractivity contribution in [1.82, 2.24) is 15.2 Å². The van der Waals surface area contributed by atoms with Crippen LogP contribution in [0.2, 0.25) is 0 Å². The average Bonchev–Trinajstić information content (AvgIpc) is 3.51. The Kier molecular flexibility index (Phi) is 5.31. The van der Waals surface area contributed by atoms with Crippen LogP contribution in [0.3, 0.4) is 0 Å². The summed E-state index contributed by atoms with van der Waals surface area (Å²) in [6.07, 6.45) is 2.09. The van der Waals surface area contributed by atoms with E-state index in [1.54, 1.807) is 0 Å². The molecule has 1 aliphatic carbocycles. The molecule has 6 nitrogen and oxygen atoms in total. The molecule has 0 spiro atoms. The molecule has 7 heteroatoms. The van der Waals surface area contributed by atoms with Gasteiger partial charge >= 0.3 is 0 Å². The van der Waals surface area contributed by atoms with Crippen LogP contribution in [0.5, 0.6) is 0 Å². The molecule has 1 aromatic heterocycles. The number of rotatable bonds is 5. The van der Waals surface area contributed by atoms with Gasteiger partial charge in [-0.25, -0.2) is 4.98 Å². The Morgan fingerprint density at radius 2 is 2.00 bits per heavy atom. The summed E-state index contributed by atoms with van der Waals surface area (Å²) in [5, 5.41) is 4.32. The summed E-state index contributed by atoms with van der Waals surface area (Å²) in [7, 11) is 0. The third-order valence-corrected chi connectivity index (χ3v) is 5.82. The van der Waals surface area contributed by atoms with Gasteiger partial charge in [0.2, 0.25) is 5.91 Å². The molecule has 1 atom stereocenters. The van der Waals surface area contributed by atoms with Crippen LogP contribution in [0.4, 0.5) is 0 Å². The van der Waals surface area contributed by atoms with Crippen molar-refractivity contribution in [3.63, 3.8) is 0 Å². The molecular formula is C20H23N3O3S. The van der Waals surface area contributed by atoms with Gasteiger partial charge < -0.3 is 15.0 Å². The number of hydrogen-bond donors (Lipinski definition) is 1. The third kappa shape index (κ3) is 4.25. The molecule has 0 unspecified atom stereocenters. The lowest BCUT2D eigenvalue weighted by Crippen LogP contribution is -2.44. The van der Waals surface area contributed by atoms with Gasteiger partial charge in [0, 0.05) is 24.5 Å². The van der Waals surface area contributed by atoms with Gasteiger partial charge in [0.05, 0.1) is 34.6 Å². The maximum absolute atomic E-state index is 12.7. The number of amides is 2. The van der Waals surface area contributed by atoms with Gasteiger partial charge in [-0.3, -0.25) is 9.59 Å². The summed E-state index contributed by atoms with van der Waals surface area (Å²) >= 11 is 1.40. The number of ether oxygens (including phenoxy) is 1. The Morgan fingerprint density at radius 1 is 1.26 bits per heavy atom. The van der Waals surface area contributed by atoms with Gasteiger partial charge in [-0.15, -0.1) is 0 Å². The standard InChI is InChI=1S/C20H23N3O3S/c1-13(20(25)23-8-10-26-11-9-23)27-18-12-16(19(24)21-14-6-7-14)15-4-2-3-5-17(15)22-18/h2-5,12-14H,6-11H2,1H3,(H,21,24)/t13-/m1/s1. The highest BCUT2D eigenvalue weighted by molar-refractivity contribution is 8.00. The van der Waals surface area contributed by atoms with Gasteiger partial charge in [-0.05, 0) is 31.9 Å². The minimum Gasteiger partial charge on any atom is -0.378 e. The molecular weight excluding hydrogens is 362 g/mol. The van der Waals surface area contributed by atoms with E-state index in [-0.39, 0.29) is 17.1 Å². The summed E-state index contributed by atoms with van der Waals surface area (Å²) in [6.45, 7) is 4.32. The fraction of sp³-hybridized carbons (Fsp3) is 0.450. The van der Waals surface area contributed by atoms with Crippen LogP contribution in [-0.2, 0) is 9.53 Å². The summed E-state index contributed by atoms with van der Waals surface area (Å²) < 4.78 is 5.32. The van der Waals surface area contributed by atoms with Crippen LogP contribution < -0.4 is 5.32 Å². The molecule has 2 aromatic rings. The smallest absolute Gasteiger partial charge is 0.252 e. The predicted molar refractivity (Wildman–Crippen MR) is 105 cm³/mol. The Hall–Kier alpha value is -2.12. The first kappa shape index (κ1) is 18.3.